The molecule has 1 rings (SSSR count). The Morgan fingerprint density at radius 2 is 2.31 bits per heavy atom. The standard InChI is InChI=1S/C10H8BrNO/c1-13-10-5-4-8(3-2-6-12)7-9(10)11/h2-5,7H,1H3/b3-2+. The first-order valence-corrected chi connectivity index (χ1v) is 4.47. The Kier molecular flexibility index (Phi) is 3.53. The van der Waals surface area contributed by atoms with Crippen molar-refractivity contribution in [3.8, 4) is 11.8 Å². The smallest absolute Gasteiger partial charge is 0.133 e. The van der Waals surface area contributed by atoms with Crippen LogP contribution in [0, 0.1) is 11.3 Å². The summed E-state index contributed by atoms with van der Waals surface area (Å²) < 4.78 is 5.95. The molecule has 1 aromatic rings. The van der Waals surface area contributed by atoms with Gasteiger partial charge in [-0.2, -0.15) is 5.26 Å². The molecule has 0 spiro atoms. The van der Waals surface area contributed by atoms with Crippen molar-refractivity contribution in [2.75, 3.05) is 7.11 Å². The maximum Gasteiger partial charge on any atom is 0.133 e. The van der Waals surface area contributed by atoms with Crippen LogP contribution in [0.4, 0.5) is 0 Å². The largest absolute Gasteiger partial charge is 0.496 e. The van der Waals surface area contributed by atoms with E-state index in [4.69, 9.17) is 10.00 Å². The summed E-state index contributed by atoms with van der Waals surface area (Å²) in [7, 11) is 1.62. The Morgan fingerprint density at radius 1 is 1.54 bits per heavy atom. The molecule has 0 bridgehead atoms. The molecule has 0 saturated carbocycles. The molecule has 66 valence electrons. The van der Waals surface area contributed by atoms with Gasteiger partial charge in [-0.3, -0.25) is 0 Å². The number of ether oxygens (including phenoxy) is 1. The molecule has 0 radical (unpaired) electrons. The molecule has 0 aromatic heterocycles. The normalized spacial score (nSPS) is 9.92. The van der Waals surface area contributed by atoms with Crippen molar-refractivity contribution in [2.45, 2.75) is 0 Å². The van der Waals surface area contributed by atoms with Crippen LogP contribution in [0.1, 0.15) is 5.56 Å². The lowest BCUT2D eigenvalue weighted by Crippen LogP contribution is -1.84. The lowest BCUT2D eigenvalue weighted by molar-refractivity contribution is 0.412. The summed E-state index contributed by atoms with van der Waals surface area (Å²) in [6.45, 7) is 0. The number of nitriles is 1. The number of allylic oxidation sites excluding steroid dienone is 1. The highest BCUT2D eigenvalue weighted by Crippen LogP contribution is 2.25. The Bertz CT molecular complexity index is 366. The van der Waals surface area contributed by atoms with E-state index in [-0.39, 0.29) is 0 Å². The van der Waals surface area contributed by atoms with E-state index in [1.165, 1.54) is 6.08 Å². The van der Waals surface area contributed by atoms with Crippen LogP contribution in [0.3, 0.4) is 0 Å². The lowest BCUT2D eigenvalue weighted by Gasteiger charge is -2.02. The van der Waals surface area contributed by atoms with Crippen molar-refractivity contribution >= 4 is 22.0 Å². The molecule has 0 fully saturated rings. The summed E-state index contributed by atoms with van der Waals surface area (Å²) in [4.78, 5) is 0. The second-order valence-corrected chi connectivity index (χ2v) is 3.21. The van der Waals surface area contributed by atoms with Crippen molar-refractivity contribution in [2.24, 2.45) is 0 Å². The molecule has 1 aromatic carbocycles. The molecule has 0 aliphatic rings. The molecule has 0 amide bonds. The zero-order valence-electron chi connectivity index (χ0n) is 7.12. The first-order valence-electron chi connectivity index (χ1n) is 3.67. The van der Waals surface area contributed by atoms with Gasteiger partial charge in [0.15, 0.2) is 0 Å². The molecule has 2 nitrogen and oxygen atoms in total. The van der Waals surface area contributed by atoms with Crippen LogP contribution in [0.25, 0.3) is 6.08 Å². The average Bonchev–Trinajstić information content (AvgIpc) is 2.15. The minimum absolute atomic E-state index is 0.786. The maximum absolute atomic E-state index is 8.32. The molecular weight excluding hydrogens is 230 g/mol. The average molecular weight is 238 g/mol. The van der Waals surface area contributed by atoms with E-state index in [1.54, 1.807) is 13.2 Å². The SMILES string of the molecule is COc1ccc(/C=C/C#N)cc1Br. The van der Waals surface area contributed by atoms with Crippen LogP contribution < -0.4 is 4.74 Å². The predicted molar refractivity (Wildman–Crippen MR) is 55.3 cm³/mol. The van der Waals surface area contributed by atoms with Crippen molar-refractivity contribution in [1.29, 1.82) is 5.26 Å². The maximum atomic E-state index is 8.32. The molecule has 0 N–H and O–H groups in total. The van der Waals surface area contributed by atoms with Crippen molar-refractivity contribution in [3.05, 3.63) is 34.3 Å². The van der Waals surface area contributed by atoms with Crippen molar-refractivity contribution < 1.29 is 4.74 Å². The fourth-order valence-corrected chi connectivity index (χ4v) is 1.48. The van der Waals surface area contributed by atoms with Gasteiger partial charge >= 0.3 is 0 Å². The van der Waals surface area contributed by atoms with E-state index in [1.807, 2.05) is 24.3 Å². The number of nitrogens with zero attached hydrogens (tertiary/aromatic N) is 1. The second kappa shape index (κ2) is 4.68. The van der Waals surface area contributed by atoms with Gasteiger partial charge in [-0.05, 0) is 39.7 Å². The number of hydrogen-bond donors (Lipinski definition) is 0. The van der Waals surface area contributed by atoms with E-state index in [0.717, 1.165) is 15.8 Å². The van der Waals surface area contributed by atoms with Gasteiger partial charge in [0.05, 0.1) is 17.7 Å². The Balaban J connectivity index is 2.97. The molecule has 13 heavy (non-hydrogen) atoms. The number of hydrogen-bond acceptors (Lipinski definition) is 2. The van der Waals surface area contributed by atoms with Crippen LogP contribution in [-0.2, 0) is 0 Å². The molecule has 0 atom stereocenters. The molecular formula is C10H8BrNO. The van der Waals surface area contributed by atoms with Crippen LogP contribution in [0.5, 0.6) is 5.75 Å². The number of methoxy groups -OCH3 is 1. The summed E-state index contributed by atoms with van der Waals surface area (Å²) >= 11 is 3.36. The van der Waals surface area contributed by atoms with E-state index in [0.29, 0.717) is 0 Å². The molecule has 0 heterocycles. The third-order valence-corrected chi connectivity index (χ3v) is 2.15. The van der Waals surface area contributed by atoms with E-state index >= 15 is 0 Å². The van der Waals surface area contributed by atoms with Crippen LogP contribution in [0.15, 0.2) is 28.7 Å². The fraction of sp³-hybridized carbons (Fsp3) is 0.100. The van der Waals surface area contributed by atoms with Gasteiger partial charge in [-0.25, -0.2) is 0 Å². The van der Waals surface area contributed by atoms with Gasteiger partial charge in [0.1, 0.15) is 5.75 Å². The van der Waals surface area contributed by atoms with Crippen molar-refractivity contribution in [1.82, 2.24) is 0 Å². The Morgan fingerprint density at radius 3 is 2.85 bits per heavy atom. The topological polar surface area (TPSA) is 33.0 Å². The van der Waals surface area contributed by atoms with Crippen LogP contribution in [0.2, 0.25) is 0 Å². The van der Waals surface area contributed by atoms with Crippen molar-refractivity contribution in [3.63, 3.8) is 0 Å². The lowest BCUT2D eigenvalue weighted by atomic mass is 10.2. The predicted octanol–water partition coefficient (Wildman–Crippen LogP) is 2.99. The zero-order valence-corrected chi connectivity index (χ0v) is 8.71. The minimum Gasteiger partial charge on any atom is -0.496 e. The van der Waals surface area contributed by atoms with Crippen LogP contribution >= 0.6 is 15.9 Å². The summed E-state index contributed by atoms with van der Waals surface area (Å²) in [5.74, 6) is 0.786. The van der Waals surface area contributed by atoms with Gasteiger partial charge in [-0.1, -0.05) is 6.07 Å². The quantitative estimate of drug-likeness (QED) is 0.742. The molecule has 0 aliphatic carbocycles. The third kappa shape index (κ3) is 2.60. The first kappa shape index (κ1) is 9.82. The molecule has 0 unspecified atom stereocenters. The monoisotopic (exact) mass is 237 g/mol. The summed E-state index contributed by atoms with van der Waals surface area (Å²) in [5.41, 5.74) is 0.967. The Labute approximate surface area is 85.6 Å². The number of rotatable bonds is 2. The summed E-state index contributed by atoms with van der Waals surface area (Å²) in [6, 6.07) is 7.57. The van der Waals surface area contributed by atoms with Gasteiger partial charge in [0.25, 0.3) is 0 Å². The first-order chi connectivity index (χ1) is 6.27. The third-order valence-electron chi connectivity index (χ3n) is 1.53. The molecule has 3 heteroatoms. The highest BCUT2D eigenvalue weighted by Gasteiger charge is 1.98. The van der Waals surface area contributed by atoms with E-state index in [9.17, 15) is 0 Å². The minimum atomic E-state index is 0.786. The van der Waals surface area contributed by atoms with Gasteiger partial charge in [0, 0.05) is 6.08 Å². The summed E-state index contributed by atoms with van der Waals surface area (Å²) in [5, 5.41) is 8.32. The number of halogens is 1. The van der Waals surface area contributed by atoms with E-state index < -0.39 is 0 Å². The second-order valence-electron chi connectivity index (χ2n) is 2.36. The van der Waals surface area contributed by atoms with Gasteiger partial charge in [-0.15, -0.1) is 0 Å². The molecule has 0 saturated heterocycles. The zero-order chi connectivity index (χ0) is 9.68. The highest BCUT2D eigenvalue weighted by molar-refractivity contribution is 9.10. The summed E-state index contributed by atoms with van der Waals surface area (Å²) in [6.07, 6.45) is 3.18. The van der Waals surface area contributed by atoms with E-state index in [2.05, 4.69) is 15.9 Å². The number of benzene rings is 1. The Hall–Kier alpha value is -1.27. The van der Waals surface area contributed by atoms with Crippen LogP contribution in [-0.4, -0.2) is 7.11 Å². The molecule has 0 aliphatic heterocycles. The fourth-order valence-electron chi connectivity index (χ4n) is 0.920. The van der Waals surface area contributed by atoms with Gasteiger partial charge in [0.2, 0.25) is 0 Å². The van der Waals surface area contributed by atoms with Gasteiger partial charge < -0.3 is 4.74 Å². The highest BCUT2D eigenvalue weighted by atomic mass is 79.9.